The van der Waals surface area contributed by atoms with Crippen molar-refractivity contribution in [2.45, 2.75) is 47.2 Å². The Morgan fingerprint density at radius 3 is 2.45 bits per heavy atom. The molecule has 0 aliphatic carbocycles. The smallest absolute Gasteiger partial charge is 0.314 e. The van der Waals surface area contributed by atoms with Crippen LogP contribution in [0.15, 0.2) is 41.0 Å². The van der Waals surface area contributed by atoms with E-state index >= 15 is 0 Å². The molecule has 2 aromatic heterocycles. The van der Waals surface area contributed by atoms with E-state index in [1.54, 1.807) is 32.9 Å². The Hall–Kier alpha value is -3.51. The van der Waals surface area contributed by atoms with Gasteiger partial charge in [0.15, 0.2) is 0 Å². The molecule has 0 radical (unpaired) electrons. The molecular formula is C24H24BrN5O3. The fourth-order valence-electron chi connectivity index (χ4n) is 3.87. The van der Waals surface area contributed by atoms with Gasteiger partial charge in [-0.15, -0.1) is 0 Å². The van der Waals surface area contributed by atoms with Crippen LogP contribution >= 0.6 is 15.9 Å². The average Bonchev–Trinajstić information content (AvgIpc) is 3.11. The van der Waals surface area contributed by atoms with E-state index in [0.717, 1.165) is 21.4 Å². The van der Waals surface area contributed by atoms with Gasteiger partial charge in [0.05, 0.1) is 27.3 Å². The molecule has 0 atom stereocenters. The predicted molar refractivity (Wildman–Crippen MR) is 130 cm³/mol. The van der Waals surface area contributed by atoms with Crippen molar-refractivity contribution in [3.8, 4) is 17.3 Å². The molecule has 1 amide bonds. The van der Waals surface area contributed by atoms with Crippen LogP contribution in [0.25, 0.3) is 11.3 Å². The van der Waals surface area contributed by atoms with E-state index < -0.39 is 4.92 Å². The summed E-state index contributed by atoms with van der Waals surface area (Å²) in [4.78, 5) is 29.8. The lowest BCUT2D eigenvalue weighted by Crippen LogP contribution is -2.31. The Balaban J connectivity index is 2.03. The Morgan fingerprint density at radius 2 is 1.91 bits per heavy atom. The minimum Gasteiger partial charge on any atom is -0.334 e. The van der Waals surface area contributed by atoms with Crippen LogP contribution in [0, 0.1) is 35.3 Å². The fraction of sp³-hybridized carbons (Fsp3) is 0.292. The molecule has 0 saturated carbocycles. The number of pyridine rings is 1. The molecule has 2 heterocycles. The zero-order valence-electron chi connectivity index (χ0n) is 18.9. The summed E-state index contributed by atoms with van der Waals surface area (Å²) in [6.45, 7) is 7.95. The van der Waals surface area contributed by atoms with E-state index in [1.807, 2.05) is 35.8 Å². The van der Waals surface area contributed by atoms with Crippen molar-refractivity contribution < 1.29 is 9.72 Å². The van der Waals surface area contributed by atoms with Gasteiger partial charge in [0.1, 0.15) is 6.07 Å². The molecule has 170 valence electrons. The van der Waals surface area contributed by atoms with Crippen LogP contribution < -0.4 is 4.90 Å². The molecule has 3 aromatic rings. The topological polar surface area (TPSA) is 105 Å². The summed E-state index contributed by atoms with van der Waals surface area (Å²) >= 11 is 3.50. The molecule has 1 aromatic carbocycles. The van der Waals surface area contributed by atoms with Crippen LogP contribution in [-0.4, -0.2) is 20.4 Å². The van der Waals surface area contributed by atoms with E-state index in [4.69, 9.17) is 0 Å². The second kappa shape index (κ2) is 9.96. The summed E-state index contributed by atoms with van der Waals surface area (Å²) in [6.07, 6.45) is 0.188. The predicted octanol–water partition coefficient (Wildman–Crippen LogP) is 5.67. The van der Waals surface area contributed by atoms with E-state index in [0.29, 0.717) is 23.4 Å². The summed E-state index contributed by atoms with van der Waals surface area (Å²) in [5, 5.41) is 21.3. The minimum absolute atomic E-state index is 0.0592. The second-order valence-corrected chi connectivity index (χ2v) is 8.44. The van der Waals surface area contributed by atoms with Crippen LogP contribution in [0.1, 0.15) is 42.7 Å². The summed E-state index contributed by atoms with van der Waals surface area (Å²) < 4.78 is 2.83. The van der Waals surface area contributed by atoms with Gasteiger partial charge in [0.25, 0.3) is 0 Å². The van der Waals surface area contributed by atoms with Crippen molar-refractivity contribution in [2.75, 3.05) is 4.90 Å². The van der Waals surface area contributed by atoms with Crippen molar-refractivity contribution in [1.29, 1.82) is 5.26 Å². The highest BCUT2D eigenvalue weighted by atomic mass is 79.9. The van der Waals surface area contributed by atoms with E-state index in [-0.39, 0.29) is 30.4 Å². The lowest BCUT2D eigenvalue weighted by atomic mass is 10.1. The van der Waals surface area contributed by atoms with Gasteiger partial charge in [0, 0.05) is 24.2 Å². The number of hydrogen-bond donors (Lipinski definition) is 0. The number of nitrogens with zero attached hydrogens (tertiary/aromatic N) is 5. The molecule has 0 bridgehead atoms. The number of aryl methyl sites for hydroxylation is 2. The van der Waals surface area contributed by atoms with Gasteiger partial charge in [-0.2, -0.15) is 5.26 Å². The van der Waals surface area contributed by atoms with Crippen molar-refractivity contribution in [2.24, 2.45) is 0 Å². The van der Waals surface area contributed by atoms with Crippen LogP contribution in [-0.2, 0) is 17.9 Å². The molecule has 0 N–H and O–H groups in total. The van der Waals surface area contributed by atoms with Crippen molar-refractivity contribution in [3.63, 3.8) is 0 Å². The molecule has 0 aliphatic heterocycles. The number of anilines is 1. The number of nitriles is 1. The first kappa shape index (κ1) is 24.1. The Morgan fingerprint density at radius 1 is 1.24 bits per heavy atom. The van der Waals surface area contributed by atoms with E-state index in [1.165, 1.54) is 4.90 Å². The van der Waals surface area contributed by atoms with Crippen molar-refractivity contribution >= 4 is 33.3 Å². The first-order valence-electron chi connectivity index (χ1n) is 10.5. The molecule has 0 saturated heterocycles. The molecule has 9 heteroatoms. The number of nitro groups is 1. The Labute approximate surface area is 200 Å². The quantitative estimate of drug-likeness (QED) is 0.301. The van der Waals surface area contributed by atoms with Gasteiger partial charge in [-0.1, -0.05) is 31.2 Å². The number of benzene rings is 1. The number of carbonyl (C=O) groups excluding carboxylic acids is 1. The maximum atomic E-state index is 12.8. The fourth-order valence-corrected chi connectivity index (χ4v) is 4.53. The summed E-state index contributed by atoms with van der Waals surface area (Å²) in [5.41, 5.74) is 3.94. The number of amides is 1. The van der Waals surface area contributed by atoms with Gasteiger partial charge >= 0.3 is 5.69 Å². The van der Waals surface area contributed by atoms with Crippen molar-refractivity contribution in [3.05, 3.63) is 73.5 Å². The monoisotopic (exact) mass is 509 g/mol. The van der Waals surface area contributed by atoms with E-state index in [9.17, 15) is 20.2 Å². The Bertz CT molecular complexity index is 1260. The lowest BCUT2D eigenvalue weighted by Gasteiger charge is -2.22. The third kappa shape index (κ3) is 4.81. The third-order valence-electron chi connectivity index (χ3n) is 5.39. The highest BCUT2D eigenvalue weighted by Crippen LogP contribution is 2.33. The van der Waals surface area contributed by atoms with Gasteiger partial charge < -0.3 is 4.57 Å². The Kier molecular flexibility index (Phi) is 7.29. The van der Waals surface area contributed by atoms with Crippen molar-refractivity contribution in [1.82, 2.24) is 9.55 Å². The maximum Gasteiger partial charge on any atom is 0.314 e. The maximum absolute atomic E-state index is 12.8. The number of hydrogen-bond acceptors (Lipinski definition) is 5. The molecule has 0 spiro atoms. The molecule has 3 rings (SSSR count). The van der Waals surface area contributed by atoms with Crippen LogP contribution in [0.5, 0.6) is 0 Å². The van der Waals surface area contributed by atoms with Crippen LogP contribution in [0.3, 0.4) is 0 Å². The lowest BCUT2D eigenvalue weighted by molar-refractivity contribution is -0.384. The highest BCUT2D eigenvalue weighted by Gasteiger charge is 2.28. The highest BCUT2D eigenvalue weighted by molar-refractivity contribution is 9.10. The van der Waals surface area contributed by atoms with Gasteiger partial charge in [-0.25, -0.2) is 4.98 Å². The molecule has 0 unspecified atom stereocenters. The zero-order chi connectivity index (χ0) is 24.3. The standard InChI is InChI=1S/C24H24BrN5O3/c1-5-21(31)29(24-22(30(32)33)15(3)11-16(4)27-24)14-17-7-9-18(10-8-17)23-19(13-26)12-20(25)28(23)6-2/h7-12H,5-6,14H2,1-4H3. The van der Waals surface area contributed by atoms with E-state index in [2.05, 4.69) is 27.0 Å². The summed E-state index contributed by atoms with van der Waals surface area (Å²) in [7, 11) is 0. The molecule has 0 fully saturated rings. The van der Waals surface area contributed by atoms with Crippen LogP contribution in [0.4, 0.5) is 11.5 Å². The summed E-state index contributed by atoms with van der Waals surface area (Å²) in [6, 6.07) is 13.2. The van der Waals surface area contributed by atoms with Gasteiger partial charge in [-0.05, 0) is 60.0 Å². The SMILES string of the molecule is CCC(=O)N(Cc1ccc(-c2c(C#N)cc(Br)n2CC)cc1)c1nc(C)cc(C)c1[N+](=O)[O-]. The van der Waals surface area contributed by atoms with Gasteiger partial charge in [-0.3, -0.25) is 19.8 Å². The summed E-state index contributed by atoms with van der Waals surface area (Å²) in [5.74, 6) is -0.195. The number of aromatic nitrogens is 2. The van der Waals surface area contributed by atoms with Gasteiger partial charge in [0.2, 0.25) is 11.7 Å². The largest absolute Gasteiger partial charge is 0.334 e. The average molecular weight is 510 g/mol. The molecule has 33 heavy (non-hydrogen) atoms. The zero-order valence-corrected chi connectivity index (χ0v) is 20.5. The number of rotatable bonds is 7. The third-order valence-corrected chi connectivity index (χ3v) is 6.04. The molecule has 8 nitrogen and oxygen atoms in total. The molecule has 0 aliphatic rings. The molecular weight excluding hydrogens is 486 g/mol. The first-order valence-corrected chi connectivity index (χ1v) is 11.3. The minimum atomic E-state index is -0.490. The second-order valence-electron chi connectivity index (χ2n) is 7.63. The number of carbonyl (C=O) groups is 1. The number of halogens is 1. The van der Waals surface area contributed by atoms with Crippen LogP contribution in [0.2, 0.25) is 0 Å². The normalized spacial score (nSPS) is 10.7. The first-order chi connectivity index (χ1) is 15.7.